The van der Waals surface area contributed by atoms with Crippen molar-refractivity contribution in [2.75, 3.05) is 7.11 Å². The first-order valence-electron chi connectivity index (χ1n) is 8.09. The number of halogens is 1. The lowest BCUT2D eigenvalue weighted by Crippen LogP contribution is -2.68. The minimum atomic E-state index is -4.94. The van der Waals surface area contributed by atoms with Crippen molar-refractivity contribution in [2.45, 2.75) is 13.8 Å². The third-order valence-corrected chi connectivity index (χ3v) is 3.89. The number of benzene rings is 2. The first-order valence-corrected chi connectivity index (χ1v) is 9.33. The Labute approximate surface area is 163 Å². The van der Waals surface area contributed by atoms with Gasteiger partial charge in [-0.05, 0) is 31.2 Å². The molecule has 0 aliphatic rings. The maximum absolute atomic E-state index is 12.6. The third-order valence-electron chi connectivity index (χ3n) is 3.89. The van der Waals surface area contributed by atoms with E-state index in [0.717, 1.165) is 22.9 Å². The van der Waals surface area contributed by atoms with Gasteiger partial charge >= 0.3 is 5.56 Å². The molecule has 0 aliphatic carbocycles. The second-order valence-corrected chi connectivity index (χ2v) is 6.48. The molecule has 0 aliphatic heterocycles. The van der Waals surface area contributed by atoms with Crippen molar-refractivity contribution >= 4 is 0 Å². The van der Waals surface area contributed by atoms with Gasteiger partial charge < -0.3 is 4.74 Å². The SMILES string of the molecule is COc1ccccc1-n1c(C)[n+](-c2ccccc2)c(C)cc1=O.[O-][Cl+3]([O-])([O-])[O-]. The average molecular weight is 407 g/mol. The van der Waals surface area contributed by atoms with E-state index in [1.165, 1.54) is 0 Å². The molecular weight excluding hydrogens is 388 g/mol. The van der Waals surface area contributed by atoms with Crippen LogP contribution in [0.1, 0.15) is 11.5 Å². The molecule has 3 aromatic rings. The van der Waals surface area contributed by atoms with Crippen LogP contribution in [0.5, 0.6) is 5.75 Å². The van der Waals surface area contributed by atoms with Gasteiger partial charge in [-0.15, -0.1) is 10.2 Å². The van der Waals surface area contributed by atoms with E-state index in [2.05, 4.69) is 4.57 Å². The lowest BCUT2D eigenvalue weighted by molar-refractivity contribution is -2.00. The highest BCUT2D eigenvalue weighted by Gasteiger charge is 2.22. The number of para-hydroxylation sites is 3. The van der Waals surface area contributed by atoms with Crippen LogP contribution in [-0.2, 0) is 0 Å². The first-order chi connectivity index (χ1) is 13.1. The molecule has 0 atom stereocenters. The summed E-state index contributed by atoms with van der Waals surface area (Å²) in [5.74, 6) is 1.49. The van der Waals surface area contributed by atoms with Crippen molar-refractivity contribution in [1.82, 2.24) is 4.57 Å². The van der Waals surface area contributed by atoms with Crippen LogP contribution in [0.25, 0.3) is 11.4 Å². The van der Waals surface area contributed by atoms with E-state index >= 15 is 0 Å². The molecule has 0 fully saturated rings. The Morgan fingerprint density at radius 2 is 1.46 bits per heavy atom. The zero-order valence-corrected chi connectivity index (χ0v) is 16.3. The zero-order chi connectivity index (χ0) is 20.9. The van der Waals surface area contributed by atoms with Crippen LogP contribution in [0.2, 0.25) is 0 Å². The molecule has 0 saturated heterocycles. The summed E-state index contributed by atoms with van der Waals surface area (Å²) in [5, 5.41) is 0. The third kappa shape index (κ3) is 5.38. The summed E-state index contributed by atoms with van der Waals surface area (Å²) in [6.45, 7) is 3.88. The Bertz CT molecular complexity index is 994. The Kier molecular flexibility index (Phi) is 6.90. The minimum absolute atomic E-state index is 0.0725. The number of aromatic nitrogens is 2. The van der Waals surface area contributed by atoms with Crippen LogP contribution < -0.4 is 33.5 Å². The van der Waals surface area contributed by atoms with E-state index in [-0.39, 0.29) is 5.56 Å². The normalized spacial score (nSPS) is 10.8. The van der Waals surface area contributed by atoms with Crippen LogP contribution in [0.3, 0.4) is 0 Å². The lowest BCUT2D eigenvalue weighted by Gasteiger charge is -2.17. The molecule has 9 heteroatoms. The van der Waals surface area contributed by atoms with Crippen molar-refractivity contribution in [2.24, 2.45) is 0 Å². The number of aryl methyl sites for hydroxylation is 1. The predicted molar refractivity (Wildman–Crippen MR) is 89.6 cm³/mol. The summed E-state index contributed by atoms with van der Waals surface area (Å²) in [4.78, 5) is 12.6. The van der Waals surface area contributed by atoms with E-state index in [4.69, 9.17) is 23.4 Å². The molecule has 0 amide bonds. The van der Waals surface area contributed by atoms with Crippen molar-refractivity contribution < 1.29 is 38.2 Å². The molecular formula is C19H19ClN2O6. The van der Waals surface area contributed by atoms with E-state index in [1.807, 2.05) is 68.4 Å². The van der Waals surface area contributed by atoms with Crippen molar-refractivity contribution in [3.63, 3.8) is 0 Å². The Morgan fingerprint density at radius 3 is 2.04 bits per heavy atom. The van der Waals surface area contributed by atoms with Gasteiger partial charge in [-0.2, -0.15) is 4.57 Å². The maximum atomic E-state index is 12.6. The minimum Gasteiger partial charge on any atom is -0.492 e. The summed E-state index contributed by atoms with van der Waals surface area (Å²) >= 11 is 0. The van der Waals surface area contributed by atoms with E-state index in [0.29, 0.717) is 5.75 Å². The molecule has 3 rings (SSSR count). The topological polar surface area (TPSA) is 127 Å². The summed E-state index contributed by atoms with van der Waals surface area (Å²) < 4.78 is 43.1. The molecule has 0 N–H and O–H groups in total. The molecule has 0 unspecified atom stereocenters. The van der Waals surface area contributed by atoms with E-state index < -0.39 is 10.2 Å². The van der Waals surface area contributed by atoms with E-state index in [9.17, 15) is 4.79 Å². The molecule has 0 bridgehead atoms. The molecule has 0 spiro atoms. The second-order valence-electron chi connectivity index (χ2n) is 5.73. The Morgan fingerprint density at radius 1 is 0.929 bits per heavy atom. The molecule has 2 aromatic carbocycles. The maximum Gasteiger partial charge on any atom is 0.342 e. The highest BCUT2D eigenvalue weighted by atomic mass is 35.7. The van der Waals surface area contributed by atoms with Gasteiger partial charge in [-0.25, -0.2) is 28.0 Å². The summed E-state index contributed by atoms with van der Waals surface area (Å²) in [7, 11) is -3.33. The van der Waals surface area contributed by atoms with Crippen LogP contribution in [0.15, 0.2) is 65.5 Å². The van der Waals surface area contributed by atoms with Crippen molar-refractivity contribution in [3.05, 3.63) is 82.5 Å². The fourth-order valence-corrected chi connectivity index (χ4v) is 2.90. The summed E-state index contributed by atoms with van der Waals surface area (Å²) in [5.41, 5.74) is 2.58. The van der Waals surface area contributed by atoms with Crippen molar-refractivity contribution in [1.29, 1.82) is 0 Å². The van der Waals surface area contributed by atoms with Gasteiger partial charge in [-0.1, -0.05) is 30.3 Å². The van der Waals surface area contributed by atoms with Gasteiger partial charge in [0.05, 0.1) is 13.2 Å². The molecule has 8 nitrogen and oxygen atoms in total. The predicted octanol–water partition coefficient (Wildman–Crippen LogP) is -2.02. The Hall–Kier alpha value is -2.75. The number of rotatable bonds is 3. The second kappa shape index (κ2) is 8.96. The standard InChI is InChI=1S/C19H19N2O2.ClHO4/c1-14-13-19(22)21(17-11-7-8-12-18(17)23-3)15(2)20(14)16-9-5-4-6-10-16;2-1(3,4)5/h4-13H,1-3H3;(H,2,3,4,5)/q+1;/p-1. The molecule has 1 aromatic heterocycles. The summed E-state index contributed by atoms with van der Waals surface area (Å²) in [6, 6.07) is 19.2. The van der Waals surface area contributed by atoms with Crippen LogP contribution >= 0.6 is 0 Å². The molecule has 1 heterocycles. The first kappa shape index (κ1) is 21.5. The van der Waals surface area contributed by atoms with Crippen LogP contribution in [0, 0.1) is 24.1 Å². The smallest absolute Gasteiger partial charge is 0.342 e. The highest BCUT2D eigenvalue weighted by molar-refractivity contribution is 5.47. The van der Waals surface area contributed by atoms with Gasteiger partial charge in [0.25, 0.3) is 5.82 Å². The van der Waals surface area contributed by atoms with E-state index in [1.54, 1.807) is 17.7 Å². The van der Waals surface area contributed by atoms with Gasteiger partial charge in [0.15, 0.2) is 11.4 Å². The number of hydrogen-bond donors (Lipinski definition) is 0. The molecule has 0 saturated carbocycles. The molecule has 148 valence electrons. The number of methoxy groups -OCH3 is 1. The molecule has 28 heavy (non-hydrogen) atoms. The zero-order valence-electron chi connectivity index (χ0n) is 15.5. The fourth-order valence-electron chi connectivity index (χ4n) is 2.90. The number of nitrogens with zero attached hydrogens (tertiary/aromatic N) is 2. The quantitative estimate of drug-likeness (QED) is 0.462. The van der Waals surface area contributed by atoms with Gasteiger partial charge in [0.2, 0.25) is 0 Å². The fraction of sp³-hybridized carbons (Fsp3) is 0.158. The highest BCUT2D eigenvalue weighted by Crippen LogP contribution is 2.21. The largest absolute Gasteiger partial charge is 0.492 e. The van der Waals surface area contributed by atoms with Gasteiger partial charge in [0, 0.05) is 6.92 Å². The Balaban J connectivity index is 0.000000500. The van der Waals surface area contributed by atoms with Crippen molar-refractivity contribution in [3.8, 4) is 17.1 Å². The lowest BCUT2D eigenvalue weighted by atomic mass is 10.2. The van der Waals surface area contributed by atoms with Crippen LogP contribution in [-0.4, -0.2) is 11.7 Å². The van der Waals surface area contributed by atoms with Gasteiger partial charge in [0.1, 0.15) is 11.4 Å². The number of hydrogen-bond acceptors (Lipinski definition) is 6. The average Bonchev–Trinajstić information content (AvgIpc) is 2.61. The monoisotopic (exact) mass is 406 g/mol. The number of ether oxygens (including phenoxy) is 1. The summed E-state index contributed by atoms with van der Waals surface area (Å²) in [6.07, 6.45) is 0. The van der Waals surface area contributed by atoms with Crippen LogP contribution in [0.4, 0.5) is 0 Å². The molecule has 0 radical (unpaired) electrons. The van der Waals surface area contributed by atoms with Gasteiger partial charge in [-0.3, -0.25) is 0 Å².